The second-order valence-electron chi connectivity index (χ2n) is 8.39. The van der Waals surface area contributed by atoms with Gasteiger partial charge in [-0.3, -0.25) is 4.79 Å². The lowest BCUT2D eigenvalue weighted by Gasteiger charge is -2.37. The van der Waals surface area contributed by atoms with Crippen LogP contribution in [0.25, 0.3) is 10.9 Å². The summed E-state index contributed by atoms with van der Waals surface area (Å²) < 4.78 is 26.2. The van der Waals surface area contributed by atoms with Crippen LogP contribution in [0, 0.1) is 5.82 Å². The maximum atomic E-state index is 14.5. The van der Waals surface area contributed by atoms with Gasteiger partial charge in [0.05, 0.1) is 29.4 Å². The third-order valence-corrected chi connectivity index (χ3v) is 6.51. The largest absolute Gasteiger partial charge is 0.493 e. The topological polar surface area (TPSA) is 132 Å². The number of carboxylic acid groups (broad SMARTS) is 1. The van der Waals surface area contributed by atoms with Crippen LogP contribution < -0.4 is 25.8 Å². The predicted octanol–water partition coefficient (Wildman–Crippen LogP) is 3.87. The fourth-order valence-electron chi connectivity index (χ4n) is 4.30. The molecular formula is C24H27ClFN5O4. The number of carboxylic acids is 1. The summed E-state index contributed by atoms with van der Waals surface area (Å²) in [5.41, 5.74) is 5.31. The fourth-order valence-corrected chi connectivity index (χ4v) is 4.48. The van der Waals surface area contributed by atoms with Crippen molar-refractivity contribution in [3.8, 4) is 11.5 Å². The summed E-state index contributed by atoms with van der Waals surface area (Å²) in [6.07, 6.45) is 3.05. The average Bonchev–Trinajstić information content (AvgIpc) is 2.86. The molecule has 0 unspecified atom stereocenters. The molecule has 186 valence electrons. The lowest BCUT2D eigenvalue weighted by Crippen LogP contribution is -2.56. The highest BCUT2D eigenvalue weighted by molar-refractivity contribution is 6.31. The van der Waals surface area contributed by atoms with E-state index in [0.29, 0.717) is 67.0 Å². The number of anilines is 2. The second-order valence-corrected chi connectivity index (χ2v) is 8.80. The lowest BCUT2D eigenvalue weighted by molar-refractivity contribution is -0.147. The van der Waals surface area contributed by atoms with Crippen LogP contribution in [0.4, 0.5) is 15.9 Å². The van der Waals surface area contributed by atoms with Gasteiger partial charge in [-0.05, 0) is 43.9 Å². The third-order valence-electron chi connectivity index (χ3n) is 6.22. The van der Waals surface area contributed by atoms with Crippen molar-refractivity contribution in [2.45, 2.75) is 37.3 Å². The van der Waals surface area contributed by atoms with Crippen LogP contribution in [-0.4, -0.2) is 52.9 Å². The van der Waals surface area contributed by atoms with Crippen molar-refractivity contribution in [1.29, 1.82) is 0 Å². The molecule has 0 radical (unpaired) electrons. The van der Waals surface area contributed by atoms with Crippen molar-refractivity contribution in [3.63, 3.8) is 0 Å². The van der Waals surface area contributed by atoms with E-state index in [0.717, 1.165) is 0 Å². The van der Waals surface area contributed by atoms with Gasteiger partial charge in [0.15, 0.2) is 17.3 Å². The number of nitrogens with two attached hydrogens (primary N) is 1. The Morgan fingerprint density at radius 2 is 2.06 bits per heavy atom. The highest BCUT2D eigenvalue weighted by atomic mass is 35.5. The zero-order chi connectivity index (χ0) is 25.0. The maximum Gasteiger partial charge on any atom is 0.323 e. The van der Waals surface area contributed by atoms with Gasteiger partial charge in [-0.2, -0.15) is 0 Å². The van der Waals surface area contributed by atoms with E-state index < -0.39 is 17.3 Å². The minimum Gasteiger partial charge on any atom is -0.493 e. The number of aromatic nitrogens is 2. The standard InChI is InChI=1S/C24H27ClFN5O4/c1-34-19-12-18-15(22(29-13-28-18)31-17-4-2-3-16(25)21(17)26)11-20(19)35-14-5-7-24(8-6-14,23(32)33)30-10-9-27/h2-4,11-14,30H,5-10,27H2,1H3,(H,32,33)(H,28,29,31). The van der Waals surface area contributed by atoms with E-state index in [1.165, 1.54) is 19.5 Å². The number of carbonyl (C=O) groups is 1. The van der Waals surface area contributed by atoms with Gasteiger partial charge in [-0.15, -0.1) is 0 Å². The summed E-state index contributed by atoms with van der Waals surface area (Å²) in [4.78, 5) is 20.5. The minimum absolute atomic E-state index is 0.00487. The van der Waals surface area contributed by atoms with E-state index in [4.69, 9.17) is 26.8 Å². The minimum atomic E-state index is -1.00. The highest BCUT2D eigenvalue weighted by Gasteiger charge is 2.42. The van der Waals surface area contributed by atoms with Crippen LogP contribution in [-0.2, 0) is 4.79 Å². The van der Waals surface area contributed by atoms with Gasteiger partial charge in [0.2, 0.25) is 0 Å². The number of rotatable bonds is 9. The number of methoxy groups -OCH3 is 1. The molecule has 0 bridgehead atoms. The molecule has 1 aromatic heterocycles. The SMILES string of the molecule is COc1cc2ncnc(Nc3cccc(Cl)c3F)c2cc1OC1CCC(NCCN)(C(=O)O)CC1. The molecule has 1 heterocycles. The summed E-state index contributed by atoms with van der Waals surface area (Å²) in [6.45, 7) is 0.792. The number of nitrogens with zero attached hydrogens (tertiary/aromatic N) is 2. The zero-order valence-corrected chi connectivity index (χ0v) is 19.9. The Kier molecular flexibility index (Phi) is 7.54. The molecule has 1 fully saturated rings. The summed E-state index contributed by atoms with van der Waals surface area (Å²) >= 11 is 5.91. The Morgan fingerprint density at radius 1 is 1.29 bits per heavy atom. The first-order valence-corrected chi connectivity index (χ1v) is 11.6. The molecule has 1 aliphatic carbocycles. The molecule has 2 aromatic carbocycles. The lowest BCUT2D eigenvalue weighted by atomic mass is 9.80. The molecule has 11 heteroatoms. The number of aliphatic carboxylic acids is 1. The van der Waals surface area contributed by atoms with Gasteiger partial charge >= 0.3 is 5.97 Å². The fraction of sp³-hybridized carbons (Fsp3) is 0.375. The zero-order valence-electron chi connectivity index (χ0n) is 19.2. The Morgan fingerprint density at radius 3 is 2.74 bits per heavy atom. The summed E-state index contributed by atoms with van der Waals surface area (Å²) in [5.74, 6) is -0.144. The van der Waals surface area contributed by atoms with Gasteiger partial charge in [-0.1, -0.05) is 17.7 Å². The average molecular weight is 504 g/mol. The van der Waals surface area contributed by atoms with Crippen LogP contribution in [0.5, 0.6) is 11.5 Å². The van der Waals surface area contributed by atoms with Crippen molar-refractivity contribution in [2.75, 3.05) is 25.5 Å². The van der Waals surface area contributed by atoms with E-state index in [9.17, 15) is 14.3 Å². The molecule has 4 rings (SSSR count). The first-order valence-electron chi connectivity index (χ1n) is 11.3. The van der Waals surface area contributed by atoms with E-state index in [1.807, 2.05) is 0 Å². The number of halogens is 2. The molecule has 3 aromatic rings. The Bertz CT molecular complexity index is 1220. The molecule has 0 saturated heterocycles. The van der Waals surface area contributed by atoms with Crippen molar-refractivity contribution in [3.05, 3.63) is 47.5 Å². The van der Waals surface area contributed by atoms with Crippen molar-refractivity contribution < 1.29 is 23.8 Å². The van der Waals surface area contributed by atoms with Gasteiger partial charge in [0, 0.05) is 24.5 Å². The molecular weight excluding hydrogens is 477 g/mol. The molecule has 0 aliphatic heterocycles. The summed E-state index contributed by atoms with van der Waals surface area (Å²) in [6, 6.07) is 8.12. The monoisotopic (exact) mass is 503 g/mol. The number of hydrogen-bond acceptors (Lipinski definition) is 8. The normalized spacial score (nSPS) is 19.9. The number of nitrogens with one attached hydrogen (secondary N) is 2. The third kappa shape index (κ3) is 5.24. The number of benzene rings is 2. The summed E-state index contributed by atoms with van der Waals surface area (Å²) in [5, 5.41) is 16.4. The molecule has 1 saturated carbocycles. The van der Waals surface area contributed by atoms with E-state index in [1.54, 1.807) is 24.3 Å². The molecule has 0 spiro atoms. The molecule has 5 N–H and O–H groups in total. The first-order chi connectivity index (χ1) is 16.9. The molecule has 35 heavy (non-hydrogen) atoms. The first kappa shape index (κ1) is 24.9. The number of fused-ring (bicyclic) bond motifs is 1. The Hall–Kier alpha value is -3.21. The van der Waals surface area contributed by atoms with E-state index >= 15 is 0 Å². The quantitative estimate of drug-likeness (QED) is 0.343. The molecule has 0 atom stereocenters. The van der Waals surface area contributed by atoms with Crippen LogP contribution in [0.1, 0.15) is 25.7 Å². The molecule has 0 amide bonds. The Labute approximate surface area is 206 Å². The van der Waals surface area contributed by atoms with Gasteiger partial charge in [0.25, 0.3) is 0 Å². The number of hydrogen-bond donors (Lipinski definition) is 4. The van der Waals surface area contributed by atoms with Gasteiger partial charge in [-0.25, -0.2) is 14.4 Å². The van der Waals surface area contributed by atoms with Crippen molar-refractivity contribution in [1.82, 2.24) is 15.3 Å². The molecule has 1 aliphatic rings. The smallest absolute Gasteiger partial charge is 0.323 e. The van der Waals surface area contributed by atoms with Crippen LogP contribution in [0.2, 0.25) is 5.02 Å². The van der Waals surface area contributed by atoms with Gasteiger partial charge < -0.3 is 30.9 Å². The number of ether oxygens (including phenoxy) is 2. The highest BCUT2D eigenvalue weighted by Crippen LogP contribution is 2.38. The van der Waals surface area contributed by atoms with Gasteiger partial charge in [0.1, 0.15) is 17.7 Å². The predicted molar refractivity (Wildman–Crippen MR) is 131 cm³/mol. The van der Waals surface area contributed by atoms with E-state index in [2.05, 4.69) is 20.6 Å². The van der Waals surface area contributed by atoms with E-state index in [-0.39, 0.29) is 16.8 Å². The molecule has 9 nitrogen and oxygen atoms in total. The van der Waals surface area contributed by atoms with Crippen LogP contribution >= 0.6 is 11.6 Å². The van der Waals surface area contributed by atoms with Crippen LogP contribution in [0.15, 0.2) is 36.7 Å². The summed E-state index contributed by atoms with van der Waals surface area (Å²) in [7, 11) is 1.53. The maximum absolute atomic E-state index is 14.5. The Balaban J connectivity index is 1.59. The van der Waals surface area contributed by atoms with Crippen molar-refractivity contribution in [2.24, 2.45) is 5.73 Å². The second kappa shape index (κ2) is 10.6. The van der Waals surface area contributed by atoms with Crippen molar-refractivity contribution >= 4 is 40.0 Å². The van der Waals surface area contributed by atoms with Crippen LogP contribution in [0.3, 0.4) is 0 Å².